The molecule has 6 nitrogen and oxygen atoms in total. The molecule has 3 aromatic carbocycles. The topological polar surface area (TPSA) is 76.7 Å². The first kappa shape index (κ1) is 21.9. The number of aryl methyl sites for hydroxylation is 2. The summed E-state index contributed by atoms with van der Waals surface area (Å²) in [4.78, 5) is 25.0. The SMILES string of the molecule is Cc1cccc(C)c1O[C@@H](C)C(=O)NNC(=O)c1ccccc1OCc1ccccc1. The highest BCUT2D eigenvalue weighted by Crippen LogP contribution is 2.23. The number of carbonyl (C=O) groups excluding carboxylic acids is 2. The Bertz CT molecular complexity index is 1030. The Morgan fingerprint density at radius 1 is 0.839 bits per heavy atom. The molecular formula is C25H26N2O4. The fourth-order valence-electron chi connectivity index (χ4n) is 3.02. The molecule has 0 aliphatic heterocycles. The minimum Gasteiger partial charge on any atom is -0.488 e. The van der Waals surface area contributed by atoms with Crippen molar-refractivity contribution < 1.29 is 19.1 Å². The zero-order chi connectivity index (χ0) is 22.2. The van der Waals surface area contributed by atoms with Crippen molar-refractivity contribution in [1.29, 1.82) is 0 Å². The minimum absolute atomic E-state index is 0.321. The molecule has 0 aliphatic rings. The van der Waals surface area contributed by atoms with Gasteiger partial charge in [0.05, 0.1) is 5.56 Å². The number of rotatable bonds is 7. The molecule has 2 N–H and O–H groups in total. The van der Waals surface area contributed by atoms with Gasteiger partial charge in [0.25, 0.3) is 11.8 Å². The Labute approximate surface area is 182 Å². The molecule has 1 atom stereocenters. The highest BCUT2D eigenvalue weighted by atomic mass is 16.5. The third kappa shape index (κ3) is 5.85. The number of hydrogen-bond acceptors (Lipinski definition) is 4. The van der Waals surface area contributed by atoms with Crippen LogP contribution in [0.5, 0.6) is 11.5 Å². The molecule has 31 heavy (non-hydrogen) atoms. The van der Waals surface area contributed by atoms with Crippen LogP contribution < -0.4 is 20.3 Å². The van der Waals surface area contributed by atoms with Crippen molar-refractivity contribution in [2.45, 2.75) is 33.5 Å². The maximum Gasteiger partial charge on any atom is 0.279 e. The van der Waals surface area contributed by atoms with Gasteiger partial charge < -0.3 is 9.47 Å². The lowest BCUT2D eigenvalue weighted by atomic mass is 10.1. The van der Waals surface area contributed by atoms with E-state index in [1.54, 1.807) is 31.2 Å². The van der Waals surface area contributed by atoms with E-state index in [2.05, 4.69) is 10.9 Å². The van der Waals surface area contributed by atoms with Crippen molar-refractivity contribution in [2.24, 2.45) is 0 Å². The molecule has 0 radical (unpaired) electrons. The van der Waals surface area contributed by atoms with Gasteiger partial charge in [-0.1, -0.05) is 60.7 Å². The number of para-hydroxylation sites is 2. The van der Waals surface area contributed by atoms with Crippen LogP contribution in [0, 0.1) is 13.8 Å². The van der Waals surface area contributed by atoms with Crippen LogP contribution >= 0.6 is 0 Å². The number of benzene rings is 3. The average molecular weight is 418 g/mol. The van der Waals surface area contributed by atoms with Gasteiger partial charge in [-0.3, -0.25) is 20.4 Å². The molecule has 6 heteroatoms. The number of hydrazine groups is 1. The molecule has 0 heterocycles. The average Bonchev–Trinajstić information content (AvgIpc) is 2.79. The van der Waals surface area contributed by atoms with Crippen molar-refractivity contribution >= 4 is 11.8 Å². The third-order valence-electron chi connectivity index (χ3n) is 4.74. The van der Waals surface area contributed by atoms with E-state index in [4.69, 9.17) is 9.47 Å². The summed E-state index contributed by atoms with van der Waals surface area (Å²) in [6.45, 7) is 5.80. The molecule has 2 amide bonds. The molecular weight excluding hydrogens is 392 g/mol. The van der Waals surface area contributed by atoms with Gasteiger partial charge in [0, 0.05) is 0 Å². The Morgan fingerprint density at radius 2 is 1.48 bits per heavy atom. The van der Waals surface area contributed by atoms with E-state index < -0.39 is 17.9 Å². The summed E-state index contributed by atoms with van der Waals surface area (Å²) >= 11 is 0. The Kier molecular flexibility index (Phi) is 7.27. The van der Waals surface area contributed by atoms with Crippen molar-refractivity contribution in [3.05, 3.63) is 95.1 Å². The standard InChI is InChI=1S/C25H26N2O4/c1-17-10-9-11-18(2)23(17)31-19(3)24(28)26-27-25(29)21-14-7-8-15-22(21)30-16-20-12-5-4-6-13-20/h4-15,19H,16H2,1-3H3,(H,26,28)(H,27,29)/t19-/m0/s1. The smallest absolute Gasteiger partial charge is 0.279 e. The van der Waals surface area contributed by atoms with Gasteiger partial charge in [0.15, 0.2) is 6.10 Å². The van der Waals surface area contributed by atoms with Crippen LogP contribution in [0.25, 0.3) is 0 Å². The fraction of sp³-hybridized carbons (Fsp3) is 0.200. The summed E-state index contributed by atoms with van der Waals surface area (Å²) in [5, 5.41) is 0. The summed E-state index contributed by atoms with van der Waals surface area (Å²) in [5.74, 6) is 0.157. The normalized spacial score (nSPS) is 11.3. The third-order valence-corrected chi connectivity index (χ3v) is 4.74. The largest absolute Gasteiger partial charge is 0.488 e. The predicted octanol–water partition coefficient (Wildman–Crippen LogP) is 4.11. The van der Waals surface area contributed by atoms with Crippen molar-refractivity contribution in [3.8, 4) is 11.5 Å². The Morgan fingerprint density at radius 3 is 2.19 bits per heavy atom. The van der Waals surface area contributed by atoms with E-state index in [1.807, 2.05) is 62.4 Å². The van der Waals surface area contributed by atoms with Crippen LogP contribution in [-0.4, -0.2) is 17.9 Å². The van der Waals surface area contributed by atoms with E-state index in [0.717, 1.165) is 16.7 Å². The van der Waals surface area contributed by atoms with E-state index in [-0.39, 0.29) is 0 Å². The lowest BCUT2D eigenvalue weighted by Gasteiger charge is -2.18. The molecule has 0 aromatic heterocycles. The van der Waals surface area contributed by atoms with Gasteiger partial charge >= 0.3 is 0 Å². The van der Waals surface area contributed by atoms with Crippen LogP contribution in [0.4, 0.5) is 0 Å². The van der Waals surface area contributed by atoms with Gasteiger partial charge in [0.2, 0.25) is 0 Å². The summed E-state index contributed by atoms with van der Waals surface area (Å²) in [6, 6.07) is 22.3. The van der Waals surface area contributed by atoms with Gasteiger partial charge in [-0.2, -0.15) is 0 Å². The number of ether oxygens (including phenoxy) is 2. The van der Waals surface area contributed by atoms with Crippen LogP contribution in [0.2, 0.25) is 0 Å². The highest BCUT2D eigenvalue weighted by molar-refractivity contribution is 5.98. The Hall–Kier alpha value is -3.80. The maximum absolute atomic E-state index is 12.6. The van der Waals surface area contributed by atoms with Crippen LogP contribution in [-0.2, 0) is 11.4 Å². The summed E-state index contributed by atoms with van der Waals surface area (Å²) in [6.07, 6.45) is -0.787. The predicted molar refractivity (Wildman–Crippen MR) is 119 cm³/mol. The van der Waals surface area contributed by atoms with Gasteiger partial charge in [0.1, 0.15) is 18.1 Å². The second-order valence-electron chi connectivity index (χ2n) is 7.19. The molecule has 3 rings (SSSR count). The van der Waals surface area contributed by atoms with Crippen LogP contribution in [0.3, 0.4) is 0 Å². The zero-order valence-corrected chi connectivity index (χ0v) is 17.8. The van der Waals surface area contributed by atoms with Gasteiger partial charge in [-0.15, -0.1) is 0 Å². The highest BCUT2D eigenvalue weighted by Gasteiger charge is 2.19. The van der Waals surface area contributed by atoms with E-state index in [1.165, 1.54) is 0 Å². The number of carbonyl (C=O) groups is 2. The maximum atomic E-state index is 12.6. The molecule has 0 saturated heterocycles. The van der Waals surface area contributed by atoms with Gasteiger partial charge in [-0.05, 0) is 49.6 Å². The second-order valence-corrected chi connectivity index (χ2v) is 7.19. The molecule has 0 saturated carbocycles. The van der Waals surface area contributed by atoms with Crippen LogP contribution in [0.15, 0.2) is 72.8 Å². The molecule has 0 bridgehead atoms. The minimum atomic E-state index is -0.787. The zero-order valence-electron chi connectivity index (χ0n) is 17.8. The molecule has 0 spiro atoms. The second kappa shape index (κ2) is 10.3. The van der Waals surface area contributed by atoms with Crippen molar-refractivity contribution in [1.82, 2.24) is 10.9 Å². The van der Waals surface area contributed by atoms with E-state index in [0.29, 0.717) is 23.7 Å². The van der Waals surface area contributed by atoms with E-state index >= 15 is 0 Å². The number of amides is 2. The summed E-state index contributed by atoms with van der Waals surface area (Å²) in [5.41, 5.74) is 8.04. The number of nitrogens with one attached hydrogen (secondary N) is 2. The molecule has 0 unspecified atom stereocenters. The molecule has 3 aromatic rings. The first-order chi connectivity index (χ1) is 15.0. The lowest BCUT2D eigenvalue weighted by molar-refractivity contribution is -0.128. The van der Waals surface area contributed by atoms with Gasteiger partial charge in [-0.25, -0.2) is 0 Å². The first-order valence-corrected chi connectivity index (χ1v) is 10.0. The summed E-state index contributed by atoms with van der Waals surface area (Å²) in [7, 11) is 0. The fourth-order valence-corrected chi connectivity index (χ4v) is 3.02. The van der Waals surface area contributed by atoms with Crippen molar-refractivity contribution in [2.75, 3.05) is 0 Å². The summed E-state index contributed by atoms with van der Waals surface area (Å²) < 4.78 is 11.6. The number of hydrogen-bond donors (Lipinski definition) is 2. The first-order valence-electron chi connectivity index (χ1n) is 10.0. The van der Waals surface area contributed by atoms with Crippen LogP contribution in [0.1, 0.15) is 34.0 Å². The monoisotopic (exact) mass is 418 g/mol. The molecule has 160 valence electrons. The van der Waals surface area contributed by atoms with E-state index in [9.17, 15) is 9.59 Å². The Balaban J connectivity index is 1.58. The quantitative estimate of drug-likeness (QED) is 0.566. The lowest BCUT2D eigenvalue weighted by Crippen LogP contribution is -2.47. The molecule has 0 aliphatic carbocycles. The molecule has 0 fully saturated rings. The van der Waals surface area contributed by atoms with Crippen molar-refractivity contribution in [3.63, 3.8) is 0 Å².